The summed E-state index contributed by atoms with van der Waals surface area (Å²) in [4.78, 5) is 20.1. The van der Waals surface area contributed by atoms with Gasteiger partial charge in [-0.1, -0.05) is 6.07 Å². The molecule has 176 valence electrons. The second-order valence-corrected chi connectivity index (χ2v) is 6.79. The molecule has 1 heterocycles. The number of amides is 1. The lowest BCUT2D eigenvalue weighted by Crippen LogP contribution is -2.54. The van der Waals surface area contributed by atoms with Crippen molar-refractivity contribution >= 4 is 41.5 Å². The number of halogens is 7. The van der Waals surface area contributed by atoms with Gasteiger partial charge in [-0.3, -0.25) is 9.79 Å². The van der Waals surface area contributed by atoms with E-state index in [4.69, 9.17) is 0 Å². The van der Waals surface area contributed by atoms with Gasteiger partial charge in [-0.2, -0.15) is 26.3 Å². The highest BCUT2D eigenvalue weighted by Gasteiger charge is 2.32. The number of aliphatic imine (C=N–C) groups is 1. The maximum atomic E-state index is 12.9. The number of carbonyl (C=O) groups is 1. The molecule has 1 aliphatic rings. The highest BCUT2D eigenvalue weighted by Crippen LogP contribution is 2.31. The third-order valence-electron chi connectivity index (χ3n) is 4.57. The Morgan fingerprint density at radius 3 is 2.26 bits per heavy atom. The highest BCUT2D eigenvalue weighted by molar-refractivity contribution is 14.0. The molecule has 1 aromatic carbocycles. The van der Waals surface area contributed by atoms with Crippen LogP contribution in [0, 0.1) is 0 Å². The zero-order valence-electron chi connectivity index (χ0n) is 16.9. The number of anilines is 1. The van der Waals surface area contributed by atoms with E-state index in [1.807, 2.05) is 0 Å². The van der Waals surface area contributed by atoms with Gasteiger partial charge in [-0.05, 0) is 18.2 Å². The van der Waals surface area contributed by atoms with Crippen LogP contribution in [0.1, 0.15) is 5.56 Å². The van der Waals surface area contributed by atoms with Crippen LogP contribution >= 0.6 is 24.0 Å². The Kier molecular flexibility index (Phi) is 9.69. The van der Waals surface area contributed by atoms with Gasteiger partial charge in [0, 0.05) is 46.0 Å². The Balaban J connectivity index is 0.00000480. The fraction of sp³-hybridized carbons (Fsp3) is 0.556. The van der Waals surface area contributed by atoms with E-state index in [0.29, 0.717) is 42.7 Å². The largest absolute Gasteiger partial charge is 0.416 e. The van der Waals surface area contributed by atoms with Crippen LogP contribution in [0.3, 0.4) is 0 Å². The fourth-order valence-corrected chi connectivity index (χ4v) is 3.03. The number of hydrogen-bond donors (Lipinski definition) is 1. The molecule has 1 aromatic rings. The van der Waals surface area contributed by atoms with Gasteiger partial charge < -0.3 is 20.0 Å². The fourth-order valence-electron chi connectivity index (χ4n) is 3.03. The molecular formula is C18H24F6IN5O. The molecule has 1 saturated heterocycles. The summed E-state index contributed by atoms with van der Waals surface area (Å²) < 4.78 is 75.8. The van der Waals surface area contributed by atoms with E-state index in [2.05, 4.69) is 10.3 Å². The molecule has 0 spiro atoms. The third-order valence-corrected chi connectivity index (χ3v) is 4.57. The van der Waals surface area contributed by atoms with Crippen molar-refractivity contribution in [1.29, 1.82) is 0 Å². The summed E-state index contributed by atoms with van der Waals surface area (Å²) in [5.41, 5.74) is -0.266. The molecule has 6 nitrogen and oxygen atoms in total. The zero-order valence-corrected chi connectivity index (χ0v) is 19.3. The number of nitrogens with one attached hydrogen (secondary N) is 1. The van der Waals surface area contributed by atoms with Crippen LogP contribution in [0.2, 0.25) is 0 Å². The highest BCUT2D eigenvalue weighted by atomic mass is 127. The van der Waals surface area contributed by atoms with Crippen molar-refractivity contribution in [3.05, 3.63) is 29.8 Å². The van der Waals surface area contributed by atoms with Crippen molar-refractivity contribution in [3.8, 4) is 0 Å². The topological polar surface area (TPSA) is 51.2 Å². The van der Waals surface area contributed by atoms with Crippen molar-refractivity contribution in [3.63, 3.8) is 0 Å². The quantitative estimate of drug-likeness (QED) is 0.263. The maximum absolute atomic E-state index is 12.9. The van der Waals surface area contributed by atoms with Crippen LogP contribution in [0.4, 0.5) is 32.0 Å². The predicted molar refractivity (Wildman–Crippen MR) is 116 cm³/mol. The number of alkyl halides is 6. The number of nitrogens with zero attached hydrogens (tertiary/aromatic N) is 4. The molecule has 0 unspecified atom stereocenters. The number of likely N-dealkylation sites (N-methyl/N-ethyl adjacent to an activating group) is 1. The summed E-state index contributed by atoms with van der Waals surface area (Å²) in [6.07, 6.45) is -8.90. The predicted octanol–water partition coefficient (Wildman–Crippen LogP) is 3.04. The molecule has 13 heteroatoms. The van der Waals surface area contributed by atoms with Crippen LogP contribution in [-0.2, 0) is 11.0 Å². The summed E-state index contributed by atoms with van der Waals surface area (Å²) in [5.74, 6) is -0.400. The van der Waals surface area contributed by atoms with Crippen molar-refractivity contribution in [2.45, 2.75) is 12.4 Å². The SMILES string of the molecule is CN=C(NCC(=O)N(C)CC(F)(F)F)N1CCN(c2cccc(C(F)(F)F)c2)CC1.I. The Hall–Kier alpha value is -1.93. The molecule has 0 saturated carbocycles. The van der Waals surface area contributed by atoms with Crippen LogP contribution in [0.25, 0.3) is 0 Å². The average Bonchev–Trinajstić information content (AvgIpc) is 2.67. The van der Waals surface area contributed by atoms with Crippen LogP contribution in [0.15, 0.2) is 29.3 Å². The minimum absolute atomic E-state index is 0. The van der Waals surface area contributed by atoms with Gasteiger partial charge in [-0.15, -0.1) is 24.0 Å². The molecule has 0 bridgehead atoms. The average molecular weight is 567 g/mol. The Bertz CT molecular complexity index is 763. The number of piperazine rings is 1. The number of rotatable bonds is 4. The molecule has 31 heavy (non-hydrogen) atoms. The summed E-state index contributed by atoms with van der Waals surface area (Å²) in [7, 11) is 2.54. The molecule has 1 aliphatic heterocycles. The van der Waals surface area contributed by atoms with Crippen molar-refractivity contribution < 1.29 is 31.1 Å². The standard InChI is InChI=1S/C18H23F6N5O.HI/c1-25-16(26-11-15(30)27(2)12-17(19,20)21)29-8-6-28(7-9-29)14-5-3-4-13(10-14)18(22,23)24;/h3-5,10H,6-9,11-12H2,1-2H3,(H,25,26);1H. The number of hydrogen-bond acceptors (Lipinski definition) is 3. The van der Waals surface area contributed by atoms with Crippen molar-refractivity contribution in [2.75, 3.05) is 58.3 Å². The monoisotopic (exact) mass is 567 g/mol. The van der Waals surface area contributed by atoms with E-state index in [1.165, 1.54) is 13.1 Å². The van der Waals surface area contributed by atoms with Gasteiger partial charge in [0.15, 0.2) is 5.96 Å². The summed E-state index contributed by atoms with van der Waals surface area (Å²) in [5, 5.41) is 2.74. The molecule has 1 N–H and O–H groups in total. The van der Waals surface area contributed by atoms with E-state index in [9.17, 15) is 31.1 Å². The number of benzene rings is 1. The normalized spacial score (nSPS) is 15.4. The molecule has 0 aliphatic carbocycles. The van der Waals surface area contributed by atoms with Crippen molar-refractivity contribution in [2.24, 2.45) is 4.99 Å². The van der Waals surface area contributed by atoms with Gasteiger partial charge in [0.25, 0.3) is 0 Å². The molecule has 1 fully saturated rings. The van der Waals surface area contributed by atoms with Gasteiger partial charge in [0.05, 0.1) is 12.1 Å². The van der Waals surface area contributed by atoms with E-state index < -0.39 is 30.4 Å². The molecule has 2 rings (SSSR count). The molecular weight excluding hydrogens is 543 g/mol. The summed E-state index contributed by atoms with van der Waals surface area (Å²) in [6, 6.07) is 5.07. The van der Waals surface area contributed by atoms with E-state index >= 15 is 0 Å². The first-order chi connectivity index (χ1) is 13.9. The number of carbonyl (C=O) groups excluding carboxylic acids is 1. The van der Waals surface area contributed by atoms with Gasteiger partial charge >= 0.3 is 12.4 Å². The number of guanidine groups is 1. The van der Waals surface area contributed by atoms with Gasteiger partial charge in [0.1, 0.15) is 6.54 Å². The molecule has 1 amide bonds. The first-order valence-corrected chi connectivity index (χ1v) is 9.09. The first-order valence-electron chi connectivity index (χ1n) is 9.09. The van der Waals surface area contributed by atoms with Crippen molar-refractivity contribution in [1.82, 2.24) is 15.1 Å². The second-order valence-electron chi connectivity index (χ2n) is 6.79. The minimum atomic E-state index is -4.48. The Labute approximate surface area is 193 Å². The van der Waals surface area contributed by atoms with E-state index in [1.54, 1.807) is 15.9 Å². The summed E-state index contributed by atoms with van der Waals surface area (Å²) >= 11 is 0. The van der Waals surface area contributed by atoms with Gasteiger partial charge in [-0.25, -0.2) is 0 Å². The van der Waals surface area contributed by atoms with E-state index in [0.717, 1.165) is 19.2 Å². The smallest absolute Gasteiger partial charge is 0.368 e. The first kappa shape index (κ1) is 27.1. The summed E-state index contributed by atoms with van der Waals surface area (Å²) in [6.45, 7) is -0.0201. The minimum Gasteiger partial charge on any atom is -0.368 e. The van der Waals surface area contributed by atoms with Crippen LogP contribution < -0.4 is 10.2 Å². The van der Waals surface area contributed by atoms with Gasteiger partial charge in [0.2, 0.25) is 5.91 Å². The second kappa shape index (κ2) is 11.1. The molecule has 0 atom stereocenters. The maximum Gasteiger partial charge on any atom is 0.416 e. The Morgan fingerprint density at radius 2 is 1.74 bits per heavy atom. The zero-order chi connectivity index (χ0) is 22.5. The van der Waals surface area contributed by atoms with E-state index in [-0.39, 0.29) is 30.5 Å². The lowest BCUT2D eigenvalue weighted by molar-refractivity contribution is -0.157. The van der Waals surface area contributed by atoms with Crippen LogP contribution in [0.5, 0.6) is 0 Å². The van der Waals surface area contributed by atoms with Crippen LogP contribution in [-0.4, -0.2) is 81.2 Å². The molecule has 0 aromatic heterocycles. The third kappa shape index (κ3) is 8.26. The Morgan fingerprint density at radius 1 is 1.13 bits per heavy atom. The molecule has 0 radical (unpaired) electrons. The lowest BCUT2D eigenvalue weighted by atomic mass is 10.1. The lowest BCUT2D eigenvalue weighted by Gasteiger charge is -2.38.